The lowest BCUT2D eigenvalue weighted by Crippen LogP contribution is -2.40. The zero-order valence-electron chi connectivity index (χ0n) is 13.3. The fraction of sp³-hybridized carbons (Fsp3) is 0.588. The molecular weight excluding hydrogens is 283 g/mol. The number of benzene rings is 1. The van der Waals surface area contributed by atoms with Gasteiger partial charge in [-0.25, -0.2) is 4.39 Å². The first-order chi connectivity index (χ1) is 10.2. The molecule has 3 atom stereocenters. The van der Waals surface area contributed by atoms with E-state index in [9.17, 15) is 14.3 Å². The first-order valence-electron chi connectivity index (χ1n) is 7.65. The van der Waals surface area contributed by atoms with Crippen LogP contribution in [0.2, 0.25) is 0 Å². The number of aliphatic hydroxyl groups is 1. The highest BCUT2D eigenvalue weighted by atomic mass is 19.1. The van der Waals surface area contributed by atoms with Gasteiger partial charge >= 0.3 is 0 Å². The second kappa shape index (κ2) is 8.25. The number of alkyl halides is 1. The molecule has 22 heavy (non-hydrogen) atoms. The summed E-state index contributed by atoms with van der Waals surface area (Å²) in [6.07, 6.45) is 0.372. The largest absolute Gasteiger partial charge is 0.391 e. The predicted molar refractivity (Wildman–Crippen MR) is 85.9 cm³/mol. The van der Waals surface area contributed by atoms with Crippen molar-refractivity contribution in [3.05, 3.63) is 35.9 Å². The van der Waals surface area contributed by atoms with E-state index >= 15 is 0 Å². The van der Waals surface area contributed by atoms with Crippen LogP contribution < -0.4 is 11.5 Å². The maximum absolute atomic E-state index is 13.6. The number of aliphatic hydroxyl groups excluding tert-OH is 1. The number of hydrogen-bond acceptors (Lipinski definition) is 3. The van der Waals surface area contributed by atoms with E-state index in [0.29, 0.717) is 12.8 Å². The summed E-state index contributed by atoms with van der Waals surface area (Å²) >= 11 is 0. The second-order valence-electron chi connectivity index (χ2n) is 6.51. The lowest BCUT2D eigenvalue weighted by Gasteiger charge is -2.24. The SMILES string of the molecule is CC(C)(F)CCC(CC(O)C(N)Cc1ccccc1)C(N)=O. The van der Waals surface area contributed by atoms with Crippen LogP contribution in [0.1, 0.15) is 38.7 Å². The van der Waals surface area contributed by atoms with Gasteiger partial charge in [-0.3, -0.25) is 4.79 Å². The van der Waals surface area contributed by atoms with E-state index in [1.807, 2.05) is 30.3 Å². The minimum absolute atomic E-state index is 0.166. The number of nitrogens with two attached hydrogens (primary N) is 2. The van der Waals surface area contributed by atoms with Gasteiger partial charge in [0.2, 0.25) is 5.91 Å². The number of halogens is 1. The highest BCUT2D eigenvalue weighted by Gasteiger charge is 2.26. The van der Waals surface area contributed by atoms with Crippen LogP contribution in [0.15, 0.2) is 30.3 Å². The molecule has 1 aromatic rings. The molecule has 0 aliphatic carbocycles. The topological polar surface area (TPSA) is 89.3 Å². The normalized spacial score (nSPS) is 16.0. The number of amides is 1. The van der Waals surface area contributed by atoms with Gasteiger partial charge in [0.05, 0.1) is 6.10 Å². The highest BCUT2D eigenvalue weighted by molar-refractivity contribution is 5.76. The molecule has 5 N–H and O–H groups in total. The van der Waals surface area contributed by atoms with Gasteiger partial charge in [-0.05, 0) is 45.1 Å². The van der Waals surface area contributed by atoms with E-state index in [1.165, 1.54) is 13.8 Å². The molecule has 0 saturated heterocycles. The standard InChI is InChI=1S/C17H27FN2O2/c1-17(2,18)9-8-13(16(20)22)11-15(21)14(19)10-12-6-4-3-5-7-12/h3-7,13-15,21H,8-11,19H2,1-2H3,(H2,20,22). The molecule has 0 heterocycles. The summed E-state index contributed by atoms with van der Waals surface area (Å²) in [4.78, 5) is 11.5. The van der Waals surface area contributed by atoms with Crippen molar-refractivity contribution >= 4 is 5.91 Å². The van der Waals surface area contributed by atoms with Crippen LogP contribution in [-0.2, 0) is 11.2 Å². The van der Waals surface area contributed by atoms with E-state index in [4.69, 9.17) is 11.5 Å². The third-order valence-corrected chi connectivity index (χ3v) is 3.82. The Kier molecular flexibility index (Phi) is 6.97. The van der Waals surface area contributed by atoms with Crippen molar-refractivity contribution in [2.24, 2.45) is 17.4 Å². The average Bonchev–Trinajstić information content (AvgIpc) is 2.42. The van der Waals surface area contributed by atoms with Crippen molar-refractivity contribution < 1.29 is 14.3 Å². The number of rotatable bonds is 9. The third-order valence-electron chi connectivity index (χ3n) is 3.82. The Bertz CT molecular complexity index is 459. The molecule has 0 aliphatic rings. The molecular formula is C17H27FN2O2. The van der Waals surface area contributed by atoms with E-state index in [0.717, 1.165) is 5.56 Å². The Hall–Kier alpha value is -1.46. The van der Waals surface area contributed by atoms with E-state index in [1.54, 1.807) is 0 Å². The quantitative estimate of drug-likeness (QED) is 0.651. The molecule has 1 rings (SSSR count). The molecule has 1 aromatic carbocycles. The van der Waals surface area contributed by atoms with Gasteiger partial charge in [0.1, 0.15) is 5.67 Å². The summed E-state index contributed by atoms with van der Waals surface area (Å²) < 4.78 is 13.6. The van der Waals surface area contributed by atoms with Gasteiger partial charge in [-0.2, -0.15) is 0 Å². The lowest BCUT2D eigenvalue weighted by atomic mass is 9.88. The first-order valence-corrected chi connectivity index (χ1v) is 7.65. The smallest absolute Gasteiger partial charge is 0.220 e. The lowest BCUT2D eigenvalue weighted by molar-refractivity contribution is -0.123. The molecule has 0 radical (unpaired) electrons. The minimum Gasteiger partial charge on any atom is -0.391 e. The van der Waals surface area contributed by atoms with Crippen LogP contribution in [0.3, 0.4) is 0 Å². The van der Waals surface area contributed by atoms with E-state index in [-0.39, 0.29) is 12.8 Å². The summed E-state index contributed by atoms with van der Waals surface area (Å²) in [6.45, 7) is 2.92. The molecule has 0 saturated carbocycles. The zero-order valence-corrected chi connectivity index (χ0v) is 13.3. The summed E-state index contributed by atoms with van der Waals surface area (Å²) in [5, 5.41) is 10.2. The van der Waals surface area contributed by atoms with Crippen LogP contribution in [0.4, 0.5) is 4.39 Å². The molecule has 0 bridgehead atoms. The molecule has 1 amide bonds. The number of carbonyl (C=O) groups excluding carboxylic acids is 1. The first kappa shape index (κ1) is 18.6. The molecule has 0 aromatic heterocycles. The van der Waals surface area contributed by atoms with Crippen molar-refractivity contribution in [2.75, 3.05) is 0 Å². The third kappa shape index (κ3) is 7.00. The van der Waals surface area contributed by atoms with Crippen molar-refractivity contribution in [1.82, 2.24) is 0 Å². The maximum Gasteiger partial charge on any atom is 0.220 e. The van der Waals surface area contributed by atoms with Crippen molar-refractivity contribution in [2.45, 2.75) is 57.3 Å². The van der Waals surface area contributed by atoms with Crippen molar-refractivity contribution in [1.29, 1.82) is 0 Å². The van der Waals surface area contributed by atoms with Gasteiger partial charge in [-0.15, -0.1) is 0 Å². The summed E-state index contributed by atoms with van der Waals surface area (Å²) in [6, 6.07) is 9.11. The van der Waals surface area contributed by atoms with Gasteiger partial charge < -0.3 is 16.6 Å². The number of hydrogen-bond donors (Lipinski definition) is 3. The molecule has 4 nitrogen and oxygen atoms in total. The molecule has 0 aliphatic heterocycles. The second-order valence-corrected chi connectivity index (χ2v) is 6.51. The van der Waals surface area contributed by atoms with Crippen molar-refractivity contribution in [3.63, 3.8) is 0 Å². The monoisotopic (exact) mass is 310 g/mol. The highest BCUT2D eigenvalue weighted by Crippen LogP contribution is 2.23. The fourth-order valence-electron chi connectivity index (χ4n) is 2.38. The molecule has 3 unspecified atom stereocenters. The van der Waals surface area contributed by atoms with Crippen LogP contribution >= 0.6 is 0 Å². The Morgan fingerprint density at radius 3 is 2.41 bits per heavy atom. The van der Waals surface area contributed by atoms with Gasteiger partial charge in [0, 0.05) is 12.0 Å². The Balaban J connectivity index is 2.55. The van der Waals surface area contributed by atoms with E-state index in [2.05, 4.69) is 0 Å². The predicted octanol–water partition coefficient (Wildman–Crippen LogP) is 1.94. The zero-order chi connectivity index (χ0) is 16.8. The van der Waals surface area contributed by atoms with Crippen LogP contribution in [0.5, 0.6) is 0 Å². The Labute approximate surface area is 131 Å². The summed E-state index contributed by atoms with van der Waals surface area (Å²) in [5.41, 5.74) is 11.0. The van der Waals surface area contributed by atoms with E-state index < -0.39 is 29.6 Å². The Morgan fingerprint density at radius 2 is 1.91 bits per heavy atom. The number of carbonyl (C=O) groups is 1. The molecule has 5 heteroatoms. The van der Waals surface area contributed by atoms with Crippen LogP contribution in [-0.4, -0.2) is 28.8 Å². The molecule has 0 spiro atoms. The van der Waals surface area contributed by atoms with Gasteiger partial charge in [0.15, 0.2) is 0 Å². The van der Waals surface area contributed by atoms with Crippen LogP contribution in [0, 0.1) is 5.92 Å². The molecule has 124 valence electrons. The Morgan fingerprint density at radius 1 is 1.32 bits per heavy atom. The van der Waals surface area contributed by atoms with Crippen molar-refractivity contribution in [3.8, 4) is 0 Å². The summed E-state index contributed by atoms with van der Waals surface area (Å²) in [5.74, 6) is -1.08. The average molecular weight is 310 g/mol. The van der Waals surface area contributed by atoms with Crippen LogP contribution in [0.25, 0.3) is 0 Å². The minimum atomic E-state index is -1.36. The maximum atomic E-state index is 13.6. The van der Waals surface area contributed by atoms with Gasteiger partial charge in [0.25, 0.3) is 0 Å². The number of primary amides is 1. The molecule has 0 fully saturated rings. The fourth-order valence-corrected chi connectivity index (χ4v) is 2.38. The van der Waals surface area contributed by atoms with Gasteiger partial charge in [-0.1, -0.05) is 30.3 Å². The summed E-state index contributed by atoms with van der Waals surface area (Å²) in [7, 11) is 0.